The van der Waals surface area contributed by atoms with Crippen LogP contribution in [0.1, 0.15) is 31.9 Å². The molecule has 1 amide bonds. The van der Waals surface area contributed by atoms with Gasteiger partial charge in [0, 0.05) is 18.1 Å². The molecule has 1 atom stereocenters. The van der Waals surface area contributed by atoms with Gasteiger partial charge in [0.1, 0.15) is 11.5 Å². The van der Waals surface area contributed by atoms with Gasteiger partial charge in [0.25, 0.3) is 5.91 Å². The number of sulfonamides is 1. The van der Waals surface area contributed by atoms with E-state index in [-0.39, 0.29) is 10.6 Å². The van der Waals surface area contributed by atoms with E-state index in [0.717, 1.165) is 11.1 Å². The highest BCUT2D eigenvalue weighted by molar-refractivity contribution is 7.89. The number of hydrogen-bond acceptors (Lipinski definition) is 5. The summed E-state index contributed by atoms with van der Waals surface area (Å²) in [6, 6.07) is 7.90. The van der Waals surface area contributed by atoms with Crippen LogP contribution in [0, 0.1) is 13.8 Å². The molecule has 0 aliphatic carbocycles. The molecule has 9 heteroatoms. The molecular weight excluding hydrogens is 440 g/mol. The molecule has 0 aliphatic rings. The molecule has 2 aromatic carbocycles. The highest BCUT2D eigenvalue weighted by Gasteiger charge is 2.24. The van der Waals surface area contributed by atoms with Crippen LogP contribution in [-0.4, -0.2) is 44.9 Å². The largest absolute Gasteiger partial charge is 0.495 e. The molecule has 0 aromatic heterocycles. The fourth-order valence-electron chi connectivity index (χ4n) is 3.12. The molecule has 0 saturated heterocycles. The van der Waals surface area contributed by atoms with Crippen LogP contribution in [0.3, 0.4) is 0 Å². The maximum atomic E-state index is 12.8. The zero-order valence-electron chi connectivity index (χ0n) is 18.7. The molecule has 0 aliphatic heterocycles. The number of hydrogen-bond donors (Lipinski definition) is 1. The second-order valence-corrected chi connectivity index (χ2v) is 9.39. The normalized spacial score (nSPS) is 12.5. The van der Waals surface area contributed by atoms with Crippen molar-refractivity contribution in [2.75, 3.05) is 25.5 Å². The summed E-state index contributed by atoms with van der Waals surface area (Å²) in [5, 5.41) is 3.36. The van der Waals surface area contributed by atoms with E-state index in [1.807, 2.05) is 13.8 Å². The lowest BCUT2D eigenvalue weighted by Crippen LogP contribution is -2.31. The molecule has 31 heavy (non-hydrogen) atoms. The predicted octanol–water partition coefficient (Wildman–Crippen LogP) is 4.40. The lowest BCUT2D eigenvalue weighted by molar-refractivity contribution is -0.122. The first-order valence-corrected chi connectivity index (χ1v) is 11.8. The van der Waals surface area contributed by atoms with Gasteiger partial charge in [0.2, 0.25) is 10.0 Å². The minimum atomic E-state index is -3.68. The first-order valence-electron chi connectivity index (χ1n) is 9.97. The first kappa shape index (κ1) is 25.0. The van der Waals surface area contributed by atoms with Crippen molar-refractivity contribution in [1.29, 1.82) is 0 Å². The van der Waals surface area contributed by atoms with E-state index >= 15 is 0 Å². The molecule has 0 fully saturated rings. The summed E-state index contributed by atoms with van der Waals surface area (Å²) in [5.74, 6) is 0.421. The third kappa shape index (κ3) is 5.70. The van der Waals surface area contributed by atoms with E-state index in [0.29, 0.717) is 29.6 Å². The van der Waals surface area contributed by atoms with Crippen LogP contribution in [0.25, 0.3) is 0 Å². The Kier molecular flexibility index (Phi) is 8.34. The van der Waals surface area contributed by atoms with E-state index in [1.165, 1.54) is 29.6 Å². The summed E-state index contributed by atoms with van der Waals surface area (Å²) >= 11 is 6.18. The van der Waals surface area contributed by atoms with Gasteiger partial charge in [-0.1, -0.05) is 25.4 Å². The van der Waals surface area contributed by atoms with Gasteiger partial charge in [-0.15, -0.1) is 0 Å². The summed E-state index contributed by atoms with van der Waals surface area (Å²) < 4.78 is 38.1. The summed E-state index contributed by atoms with van der Waals surface area (Å²) in [7, 11) is -2.24. The Morgan fingerprint density at radius 1 is 1.13 bits per heavy atom. The van der Waals surface area contributed by atoms with Crippen LogP contribution >= 0.6 is 11.6 Å². The molecule has 2 aromatic rings. The molecule has 1 N–H and O–H groups in total. The third-order valence-corrected chi connectivity index (χ3v) is 7.51. The van der Waals surface area contributed by atoms with Crippen molar-refractivity contribution in [2.24, 2.45) is 0 Å². The van der Waals surface area contributed by atoms with Crippen LogP contribution in [0.15, 0.2) is 35.2 Å². The number of carbonyl (C=O) groups excluding carboxylic acids is 1. The van der Waals surface area contributed by atoms with E-state index < -0.39 is 22.0 Å². The van der Waals surface area contributed by atoms with Crippen molar-refractivity contribution in [3.05, 3.63) is 46.5 Å². The van der Waals surface area contributed by atoms with Crippen molar-refractivity contribution in [2.45, 2.75) is 45.6 Å². The third-order valence-electron chi connectivity index (χ3n) is 4.86. The van der Waals surface area contributed by atoms with Gasteiger partial charge in [-0.3, -0.25) is 4.79 Å². The standard InChI is InChI=1S/C22H29ClN2O5S/c1-7-25(8-2)31(27,28)18-9-10-20(29-6)19(13-18)24-22(26)16(5)30-17-11-14(3)21(23)15(4)12-17/h9-13,16H,7-8H2,1-6H3,(H,24,26). The molecule has 2 rings (SSSR count). The average molecular weight is 469 g/mol. The van der Waals surface area contributed by atoms with Crippen molar-refractivity contribution < 1.29 is 22.7 Å². The maximum absolute atomic E-state index is 12.8. The predicted molar refractivity (Wildman–Crippen MR) is 123 cm³/mol. The number of rotatable bonds is 9. The highest BCUT2D eigenvalue weighted by atomic mass is 35.5. The van der Waals surface area contributed by atoms with Crippen LogP contribution in [0.4, 0.5) is 5.69 Å². The monoisotopic (exact) mass is 468 g/mol. The summed E-state index contributed by atoms with van der Waals surface area (Å²) in [6.07, 6.45) is -0.840. The number of benzene rings is 2. The summed E-state index contributed by atoms with van der Waals surface area (Å²) in [6.45, 7) is 9.56. The Morgan fingerprint density at radius 3 is 2.23 bits per heavy atom. The van der Waals surface area contributed by atoms with Gasteiger partial charge >= 0.3 is 0 Å². The molecule has 1 unspecified atom stereocenters. The summed E-state index contributed by atoms with van der Waals surface area (Å²) in [5.41, 5.74) is 1.94. The quantitative estimate of drug-likeness (QED) is 0.589. The lowest BCUT2D eigenvalue weighted by Gasteiger charge is -2.20. The summed E-state index contributed by atoms with van der Waals surface area (Å²) in [4.78, 5) is 12.8. The topological polar surface area (TPSA) is 84.9 Å². The number of amides is 1. The Hall–Kier alpha value is -2.29. The van der Waals surface area contributed by atoms with Crippen molar-refractivity contribution >= 4 is 33.2 Å². The number of carbonyl (C=O) groups is 1. The molecule has 0 bridgehead atoms. The van der Waals surface area contributed by atoms with E-state index in [2.05, 4.69) is 5.32 Å². The fourth-order valence-corrected chi connectivity index (χ4v) is 4.72. The van der Waals surface area contributed by atoms with Crippen LogP contribution in [0.5, 0.6) is 11.5 Å². The Balaban J connectivity index is 2.27. The van der Waals surface area contributed by atoms with E-state index in [1.54, 1.807) is 32.9 Å². The number of methoxy groups -OCH3 is 1. The Labute approximate surface area is 189 Å². The SMILES string of the molecule is CCN(CC)S(=O)(=O)c1ccc(OC)c(NC(=O)C(C)Oc2cc(C)c(Cl)c(C)c2)c1. The number of ether oxygens (including phenoxy) is 2. The van der Waals surface area contributed by atoms with E-state index in [9.17, 15) is 13.2 Å². The maximum Gasteiger partial charge on any atom is 0.265 e. The van der Waals surface area contributed by atoms with Crippen molar-refractivity contribution in [3.8, 4) is 11.5 Å². The molecule has 0 spiro atoms. The van der Waals surface area contributed by atoms with Crippen molar-refractivity contribution in [3.63, 3.8) is 0 Å². The van der Waals surface area contributed by atoms with Gasteiger partial charge in [0.15, 0.2) is 6.10 Å². The molecule has 0 saturated carbocycles. The van der Waals surface area contributed by atoms with Crippen molar-refractivity contribution in [1.82, 2.24) is 4.31 Å². The van der Waals surface area contributed by atoms with Gasteiger partial charge in [-0.2, -0.15) is 4.31 Å². The number of halogens is 1. The first-order chi connectivity index (χ1) is 14.5. The zero-order valence-corrected chi connectivity index (χ0v) is 20.2. The van der Waals surface area contributed by atoms with Gasteiger partial charge in [-0.05, 0) is 62.2 Å². The van der Waals surface area contributed by atoms with Crippen LogP contribution < -0.4 is 14.8 Å². The van der Waals surface area contributed by atoms with Gasteiger partial charge in [0.05, 0.1) is 17.7 Å². The van der Waals surface area contributed by atoms with Gasteiger partial charge in [-0.25, -0.2) is 8.42 Å². The molecule has 0 heterocycles. The number of nitrogens with one attached hydrogen (secondary N) is 1. The minimum absolute atomic E-state index is 0.0739. The highest BCUT2D eigenvalue weighted by Crippen LogP contribution is 2.30. The smallest absolute Gasteiger partial charge is 0.265 e. The number of aryl methyl sites for hydroxylation is 2. The van der Waals surface area contributed by atoms with Crippen LogP contribution in [-0.2, 0) is 14.8 Å². The fraction of sp³-hybridized carbons (Fsp3) is 0.409. The van der Waals surface area contributed by atoms with E-state index in [4.69, 9.17) is 21.1 Å². The number of nitrogens with zero attached hydrogens (tertiary/aromatic N) is 1. The molecule has 7 nitrogen and oxygen atoms in total. The van der Waals surface area contributed by atoms with Crippen LogP contribution in [0.2, 0.25) is 5.02 Å². The Bertz CT molecular complexity index is 1030. The molecule has 0 radical (unpaired) electrons. The second-order valence-electron chi connectivity index (χ2n) is 7.07. The van der Waals surface area contributed by atoms with Gasteiger partial charge < -0.3 is 14.8 Å². The second kappa shape index (κ2) is 10.3. The zero-order chi connectivity index (χ0) is 23.3. The minimum Gasteiger partial charge on any atom is -0.495 e. The molecule has 170 valence electrons. The average Bonchev–Trinajstić information content (AvgIpc) is 2.72. The number of anilines is 1. The Morgan fingerprint density at radius 2 is 1.71 bits per heavy atom. The molecular formula is C22H29ClN2O5S. The lowest BCUT2D eigenvalue weighted by atomic mass is 10.1.